The highest BCUT2D eigenvalue weighted by atomic mass is 32.2. The maximum Gasteiger partial charge on any atom is 0.162 e. The summed E-state index contributed by atoms with van der Waals surface area (Å²) in [6.45, 7) is 1.88. The Morgan fingerprint density at radius 3 is 2.12 bits per heavy atom. The highest BCUT2D eigenvalue weighted by Crippen LogP contribution is 2.27. The normalized spacial score (nSPS) is 10.2. The number of carbonyl (C=O) groups excluding carboxylic acids is 1. The molecule has 2 heteroatoms. The van der Waals surface area contributed by atoms with Crippen molar-refractivity contribution in [2.75, 3.05) is 0 Å². The molecular formula is C15H14OS. The fourth-order valence-electron chi connectivity index (χ4n) is 1.54. The molecule has 0 aliphatic rings. The molecule has 86 valence electrons. The molecule has 0 unspecified atom stereocenters. The fourth-order valence-corrected chi connectivity index (χ4v) is 2.38. The van der Waals surface area contributed by atoms with Crippen LogP contribution in [0, 0.1) is 0 Å². The first-order chi connectivity index (χ1) is 8.29. The molecule has 0 saturated carbocycles. The third-order valence-electron chi connectivity index (χ3n) is 2.48. The Kier molecular flexibility index (Phi) is 3.99. The number of rotatable bonds is 4. The first-order valence-corrected chi connectivity index (χ1v) is 6.47. The van der Waals surface area contributed by atoms with E-state index in [0.717, 1.165) is 10.5 Å². The summed E-state index contributed by atoms with van der Waals surface area (Å²) in [4.78, 5) is 13.8. The van der Waals surface area contributed by atoms with E-state index >= 15 is 0 Å². The van der Waals surface area contributed by atoms with E-state index < -0.39 is 0 Å². The van der Waals surface area contributed by atoms with Gasteiger partial charge >= 0.3 is 0 Å². The van der Waals surface area contributed by atoms with Crippen molar-refractivity contribution < 1.29 is 4.79 Å². The van der Waals surface area contributed by atoms with E-state index in [0.29, 0.717) is 6.42 Å². The lowest BCUT2D eigenvalue weighted by molar-refractivity contribution is 0.0988. The Morgan fingerprint density at radius 1 is 0.941 bits per heavy atom. The van der Waals surface area contributed by atoms with Crippen LogP contribution in [0.4, 0.5) is 0 Å². The molecule has 2 aromatic carbocycles. The summed E-state index contributed by atoms with van der Waals surface area (Å²) < 4.78 is 0. The molecule has 0 amide bonds. The summed E-state index contributed by atoms with van der Waals surface area (Å²) in [7, 11) is 0. The standard InChI is InChI=1S/C15H14OS/c1-2-15(16)12-8-10-14(11-9-12)17-13-6-4-3-5-7-13/h3-11H,2H2,1H3. The maximum atomic E-state index is 11.5. The predicted molar refractivity (Wildman–Crippen MR) is 71.6 cm³/mol. The number of Topliss-reactive ketones (excluding diaryl/α,β-unsaturated/α-hetero) is 1. The van der Waals surface area contributed by atoms with Crippen LogP contribution in [-0.4, -0.2) is 5.78 Å². The van der Waals surface area contributed by atoms with Crippen LogP contribution in [-0.2, 0) is 0 Å². The predicted octanol–water partition coefficient (Wildman–Crippen LogP) is 4.43. The zero-order chi connectivity index (χ0) is 12.1. The van der Waals surface area contributed by atoms with Gasteiger partial charge in [-0.25, -0.2) is 0 Å². The van der Waals surface area contributed by atoms with Gasteiger partial charge in [0, 0.05) is 21.8 Å². The van der Waals surface area contributed by atoms with E-state index in [9.17, 15) is 4.79 Å². The number of hydrogen-bond acceptors (Lipinski definition) is 2. The molecule has 0 radical (unpaired) electrons. The summed E-state index contributed by atoms with van der Waals surface area (Å²) >= 11 is 1.70. The van der Waals surface area contributed by atoms with Gasteiger partial charge in [0.15, 0.2) is 5.78 Å². The average molecular weight is 242 g/mol. The Labute approximate surface area is 106 Å². The molecule has 0 heterocycles. The van der Waals surface area contributed by atoms with Crippen LogP contribution < -0.4 is 0 Å². The van der Waals surface area contributed by atoms with Gasteiger partial charge in [-0.15, -0.1) is 0 Å². The van der Waals surface area contributed by atoms with E-state index in [1.807, 2.05) is 49.4 Å². The van der Waals surface area contributed by atoms with Gasteiger partial charge in [0.1, 0.15) is 0 Å². The Bertz CT molecular complexity index is 488. The third kappa shape index (κ3) is 3.21. The first kappa shape index (κ1) is 11.9. The van der Waals surface area contributed by atoms with Crippen molar-refractivity contribution in [1.29, 1.82) is 0 Å². The van der Waals surface area contributed by atoms with Crippen molar-refractivity contribution in [1.82, 2.24) is 0 Å². The summed E-state index contributed by atoms with van der Waals surface area (Å²) in [6, 6.07) is 18.0. The lowest BCUT2D eigenvalue weighted by atomic mass is 10.1. The molecule has 2 rings (SSSR count). The van der Waals surface area contributed by atoms with E-state index in [1.165, 1.54) is 4.90 Å². The lowest BCUT2D eigenvalue weighted by Crippen LogP contribution is -1.95. The van der Waals surface area contributed by atoms with E-state index in [1.54, 1.807) is 11.8 Å². The molecule has 0 aromatic heterocycles. The van der Waals surface area contributed by atoms with Crippen LogP contribution in [0.3, 0.4) is 0 Å². The third-order valence-corrected chi connectivity index (χ3v) is 3.49. The van der Waals surface area contributed by atoms with Crippen LogP contribution in [0.25, 0.3) is 0 Å². The second-order valence-electron chi connectivity index (χ2n) is 3.72. The van der Waals surface area contributed by atoms with E-state index in [2.05, 4.69) is 12.1 Å². The van der Waals surface area contributed by atoms with Crippen molar-refractivity contribution in [2.24, 2.45) is 0 Å². The Hall–Kier alpha value is -1.54. The van der Waals surface area contributed by atoms with Crippen LogP contribution in [0.15, 0.2) is 64.4 Å². The largest absolute Gasteiger partial charge is 0.294 e. The van der Waals surface area contributed by atoms with E-state index in [-0.39, 0.29) is 5.78 Å². The molecule has 0 atom stereocenters. The molecule has 2 aromatic rings. The first-order valence-electron chi connectivity index (χ1n) is 5.66. The molecule has 0 aliphatic heterocycles. The number of benzene rings is 2. The second kappa shape index (κ2) is 5.69. The SMILES string of the molecule is CCC(=O)c1ccc(Sc2ccccc2)cc1. The maximum absolute atomic E-state index is 11.5. The molecular weight excluding hydrogens is 228 g/mol. The van der Waals surface area contributed by atoms with Crippen LogP contribution in [0.2, 0.25) is 0 Å². The summed E-state index contributed by atoms with van der Waals surface area (Å²) in [5.74, 6) is 0.196. The monoisotopic (exact) mass is 242 g/mol. The van der Waals surface area contributed by atoms with Crippen molar-refractivity contribution in [3.8, 4) is 0 Å². The second-order valence-corrected chi connectivity index (χ2v) is 4.86. The average Bonchev–Trinajstić information content (AvgIpc) is 2.40. The zero-order valence-electron chi connectivity index (χ0n) is 9.72. The molecule has 0 aliphatic carbocycles. The van der Waals surface area contributed by atoms with E-state index in [4.69, 9.17) is 0 Å². The van der Waals surface area contributed by atoms with Gasteiger partial charge < -0.3 is 0 Å². The fraction of sp³-hybridized carbons (Fsp3) is 0.133. The minimum atomic E-state index is 0.196. The summed E-state index contributed by atoms with van der Waals surface area (Å²) in [5, 5.41) is 0. The highest BCUT2D eigenvalue weighted by Gasteiger charge is 2.02. The van der Waals surface area contributed by atoms with Gasteiger partial charge in [0.2, 0.25) is 0 Å². The minimum Gasteiger partial charge on any atom is -0.294 e. The molecule has 0 N–H and O–H groups in total. The van der Waals surface area contributed by atoms with Gasteiger partial charge in [-0.05, 0) is 24.3 Å². The van der Waals surface area contributed by atoms with Gasteiger partial charge in [-0.2, -0.15) is 0 Å². The number of ketones is 1. The quantitative estimate of drug-likeness (QED) is 0.738. The van der Waals surface area contributed by atoms with Crippen LogP contribution in [0.1, 0.15) is 23.7 Å². The Balaban J connectivity index is 2.11. The number of hydrogen-bond donors (Lipinski definition) is 0. The molecule has 0 bridgehead atoms. The van der Waals surface area contributed by atoms with Crippen molar-refractivity contribution in [2.45, 2.75) is 23.1 Å². The van der Waals surface area contributed by atoms with Crippen molar-refractivity contribution in [3.05, 3.63) is 60.2 Å². The molecule has 0 spiro atoms. The van der Waals surface area contributed by atoms with Gasteiger partial charge in [0.25, 0.3) is 0 Å². The minimum absolute atomic E-state index is 0.196. The summed E-state index contributed by atoms with van der Waals surface area (Å²) in [6.07, 6.45) is 0.561. The van der Waals surface area contributed by atoms with Gasteiger partial charge in [-0.1, -0.05) is 49.0 Å². The van der Waals surface area contributed by atoms with Crippen molar-refractivity contribution >= 4 is 17.5 Å². The van der Waals surface area contributed by atoms with Crippen molar-refractivity contribution in [3.63, 3.8) is 0 Å². The summed E-state index contributed by atoms with van der Waals surface area (Å²) in [5.41, 5.74) is 0.796. The molecule has 0 saturated heterocycles. The number of carbonyl (C=O) groups is 1. The van der Waals surface area contributed by atoms with Gasteiger partial charge in [0.05, 0.1) is 0 Å². The molecule has 1 nitrogen and oxygen atoms in total. The molecule has 0 fully saturated rings. The zero-order valence-corrected chi connectivity index (χ0v) is 10.5. The van der Waals surface area contributed by atoms with Crippen LogP contribution >= 0.6 is 11.8 Å². The smallest absolute Gasteiger partial charge is 0.162 e. The molecule has 17 heavy (non-hydrogen) atoms. The lowest BCUT2D eigenvalue weighted by Gasteiger charge is -2.02. The highest BCUT2D eigenvalue weighted by molar-refractivity contribution is 7.99. The Morgan fingerprint density at radius 2 is 1.53 bits per heavy atom. The van der Waals surface area contributed by atoms with Gasteiger partial charge in [-0.3, -0.25) is 4.79 Å². The van der Waals surface area contributed by atoms with Crippen LogP contribution in [0.5, 0.6) is 0 Å². The topological polar surface area (TPSA) is 17.1 Å².